The van der Waals surface area contributed by atoms with E-state index in [1.807, 2.05) is 37.3 Å². The average molecular weight is 335 g/mol. The number of guanidine groups is 1. The van der Waals surface area contributed by atoms with Crippen LogP contribution in [-0.4, -0.2) is 45.3 Å². The maximum absolute atomic E-state index is 11.0. The van der Waals surface area contributed by atoms with E-state index in [0.717, 1.165) is 44.1 Å². The summed E-state index contributed by atoms with van der Waals surface area (Å²) in [6, 6.07) is 9.75. The Morgan fingerprint density at radius 1 is 1.12 bits per heavy atom. The van der Waals surface area contributed by atoms with Crippen molar-refractivity contribution < 1.29 is 14.3 Å². The molecule has 0 radical (unpaired) electrons. The second-order valence-electron chi connectivity index (χ2n) is 5.24. The van der Waals surface area contributed by atoms with Gasteiger partial charge in [0.15, 0.2) is 5.96 Å². The lowest BCUT2D eigenvalue weighted by Gasteiger charge is -2.12. The van der Waals surface area contributed by atoms with E-state index in [4.69, 9.17) is 4.74 Å². The zero-order valence-electron chi connectivity index (χ0n) is 14.7. The number of carbonyl (C=O) groups is 1. The van der Waals surface area contributed by atoms with Crippen molar-refractivity contribution in [2.45, 2.75) is 32.6 Å². The Morgan fingerprint density at radius 2 is 1.92 bits per heavy atom. The summed E-state index contributed by atoms with van der Waals surface area (Å²) in [5.74, 6) is 1.51. The smallest absolute Gasteiger partial charge is 0.305 e. The molecular formula is C18H29N3O3. The first-order valence-electron chi connectivity index (χ1n) is 8.53. The average Bonchev–Trinajstić information content (AvgIpc) is 2.62. The molecule has 2 N–H and O–H groups in total. The Morgan fingerprint density at radius 3 is 2.62 bits per heavy atom. The number of para-hydroxylation sites is 1. The highest BCUT2D eigenvalue weighted by Crippen LogP contribution is 2.07. The second kappa shape index (κ2) is 13.2. The lowest BCUT2D eigenvalue weighted by molar-refractivity contribution is -0.140. The normalized spacial score (nSPS) is 11.0. The number of methoxy groups -OCH3 is 1. The van der Waals surface area contributed by atoms with Gasteiger partial charge in [-0.05, 0) is 31.9 Å². The number of nitrogens with one attached hydrogen (secondary N) is 2. The monoisotopic (exact) mass is 335 g/mol. The van der Waals surface area contributed by atoms with E-state index in [0.29, 0.717) is 19.6 Å². The molecule has 134 valence electrons. The van der Waals surface area contributed by atoms with Gasteiger partial charge in [-0.15, -0.1) is 0 Å². The van der Waals surface area contributed by atoms with Crippen molar-refractivity contribution in [3.05, 3.63) is 30.3 Å². The first-order chi connectivity index (χ1) is 11.8. The van der Waals surface area contributed by atoms with Crippen LogP contribution in [0.4, 0.5) is 0 Å². The quantitative estimate of drug-likeness (QED) is 0.281. The van der Waals surface area contributed by atoms with E-state index >= 15 is 0 Å². The summed E-state index contributed by atoms with van der Waals surface area (Å²) in [6.07, 6.45) is 3.25. The molecule has 1 rings (SSSR count). The van der Waals surface area contributed by atoms with Gasteiger partial charge >= 0.3 is 5.97 Å². The number of hydrogen-bond acceptors (Lipinski definition) is 4. The fourth-order valence-electron chi connectivity index (χ4n) is 2.05. The second-order valence-corrected chi connectivity index (χ2v) is 5.24. The third kappa shape index (κ3) is 9.71. The van der Waals surface area contributed by atoms with E-state index in [-0.39, 0.29) is 5.97 Å². The molecule has 0 amide bonds. The Labute approximate surface area is 144 Å². The van der Waals surface area contributed by atoms with Crippen LogP contribution in [-0.2, 0) is 9.53 Å². The van der Waals surface area contributed by atoms with Crippen LogP contribution in [0.3, 0.4) is 0 Å². The Bertz CT molecular complexity index is 478. The molecule has 0 aliphatic heterocycles. The summed E-state index contributed by atoms with van der Waals surface area (Å²) in [5.41, 5.74) is 0. The zero-order chi connectivity index (χ0) is 17.5. The van der Waals surface area contributed by atoms with Gasteiger partial charge in [-0.3, -0.25) is 9.79 Å². The minimum Gasteiger partial charge on any atom is -0.492 e. The van der Waals surface area contributed by atoms with Crippen LogP contribution in [0.25, 0.3) is 0 Å². The predicted octanol–water partition coefficient (Wildman–Crippen LogP) is 2.35. The van der Waals surface area contributed by atoms with Crippen LogP contribution in [0.15, 0.2) is 35.3 Å². The molecule has 0 heterocycles. The molecule has 0 aliphatic carbocycles. The minimum absolute atomic E-state index is 0.146. The van der Waals surface area contributed by atoms with Crippen molar-refractivity contribution in [3.63, 3.8) is 0 Å². The number of aliphatic imine (C=N–C) groups is 1. The molecule has 1 aromatic rings. The van der Waals surface area contributed by atoms with E-state index in [1.165, 1.54) is 7.11 Å². The molecule has 0 bridgehead atoms. The number of hydrogen-bond donors (Lipinski definition) is 2. The first-order valence-corrected chi connectivity index (χ1v) is 8.53. The lowest BCUT2D eigenvalue weighted by Crippen LogP contribution is -2.39. The van der Waals surface area contributed by atoms with Crippen LogP contribution in [0, 0.1) is 0 Å². The molecule has 0 saturated heterocycles. The molecule has 6 heteroatoms. The van der Waals surface area contributed by atoms with Gasteiger partial charge in [0.05, 0.1) is 13.7 Å². The maximum atomic E-state index is 11.0. The van der Waals surface area contributed by atoms with Crippen molar-refractivity contribution in [1.29, 1.82) is 0 Å². The Kier molecular flexibility index (Phi) is 10.9. The number of ether oxygens (including phenoxy) is 2. The molecule has 0 fully saturated rings. The van der Waals surface area contributed by atoms with Crippen LogP contribution >= 0.6 is 0 Å². The van der Waals surface area contributed by atoms with Crippen molar-refractivity contribution in [2.24, 2.45) is 4.99 Å². The summed E-state index contributed by atoms with van der Waals surface area (Å²) in [4.78, 5) is 15.5. The molecule has 0 atom stereocenters. The van der Waals surface area contributed by atoms with Gasteiger partial charge in [0, 0.05) is 19.5 Å². The number of unbranched alkanes of at least 4 members (excludes halogenated alkanes) is 2. The van der Waals surface area contributed by atoms with Gasteiger partial charge < -0.3 is 20.1 Å². The van der Waals surface area contributed by atoms with Crippen molar-refractivity contribution in [2.75, 3.05) is 33.4 Å². The van der Waals surface area contributed by atoms with Gasteiger partial charge in [-0.25, -0.2) is 0 Å². The summed E-state index contributed by atoms with van der Waals surface area (Å²) >= 11 is 0. The molecule has 6 nitrogen and oxygen atoms in total. The first kappa shape index (κ1) is 19.8. The minimum atomic E-state index is -0.146. The van der Waals surface area contributed by atoms with E-state index in [1.54, 1.807) is 0 Å². The highest BCUT2D eigenvalue weighted by molar-refractivity contribution is 5.79. The number of esters is 1. The predicted molar refractivity (Wildman–Crippen MR) is 96.4 cm³/mol. The van der Waals surface area contributed by atoms with Crippen molar-refractivity contribution in [1.82, 2.24) is 10.6 Å². The summed E-state index contributed by atoms with van der Waals surface area (Å²) in [6.45, 7) is 4.84. The van der Waals surface area contributed by atoms with Crippen LogP contribution < -0.4 is 15.4 Å². The van der Waals surface area contributed by atoms with Crippen molar-refractivity contribution in [3.8, 4) is 5.75 Å². The van der Waals surface area contributed by atoms with Crippen molar-refractivity contribution >= 4 is 11.9 Å². The molecule has 0 aliphatic rings. The molecule has 1 aromatic carbocycles. The van der Waals surface area contributed by atoms with E-state index in [2.05, 4.69) is 20.4 Å². The number of nitrogens with zero attached hydrogens (tertiary/aromatic N) is 1. The molecule has 0 unspecified atom stereocenters. The molecule has 0 spiro atoms. The number of benzene rings is 1. The Balaban J connectivity index is 2.16. The molecule has 0 aromatic heterocycles. The number of rotatable bonds is 11. The molecular weight excluding hydrogens is 306 g/mol. The molecule has 0 saturated carbocycles. The topological polar surface area (TPSA) is 72.0 Å². The summed E-state index contributed by atoms with van der Waals surface area (Å²) in [5, 5.41) is 6.46. The summed E-state index contributed by atoms with van der Waals surface area (Å²) in [7, 11) is 1.42. The highest BCUT2D eigenvalue weighted by atomic mass is 16.5. The van der Waals surface area contributed by atoms with Gasteiger partial charge in [-0.2, -0.15) is 0 Å². The van der Waals surface area contributed by atoms with Gasteiger partial charge in [-0.1, -0.05) is 24.6 Å². The highest BCUT2D eigenvalue weighted by Gasteiger charge is 2.00. The standard InChI is InChI=1S/C18H29N3O3/c1-3-19-18(20-13-9-5-8-12-17(22)23-2)21-14-15-24-16-10-6-4-7-11-16/h4,6-7,10-11H,3,5,8-9,12-15H2,1-2H3,(H2,19,20,21). The maximum Gasteiger partial charge on any atom is 0.305 e. The third-order valence-corrected chi connectivity index (χ3v) is 3.29. The van der Waals surface area contributed by atoms with Gasteiger partial charge in [0.2, 0.25) is 0 Å². The number of carbonyl (C=O) groups excluding carboxylic acids is 1. The van der Waals surface area contributed by atoms with Crippen LogP contribution in [0.2, 0.25) is 0 Å². The largest absolute Gasteiger partial charge is 0.492 e. The fraction of sp³-hybridized carbons (Fsp3) is 0.556. The van der Waals surface area contributed by atoms with Gasteiger partial charge in [0.1, 0.15) is 12.4 Å². The van der Waals surface area contributed by atoms with Crippen LogP contribution in [0.1, 0.15) is 32.6 Å². The van der Waals surface area contributed by atoms with Gasteiger partial charge in [0.25, 0.3) is 0 Å². The van der Waals surface area contributed by atoms with E-state index < -0.39 is 0 Å². The third-order valence-electron chi connectivity index (χ3n) is 3.29. The Hall–Kier alpha value is -2.24. The lowest BCUT2D eigenvalue weighted by atomic mass is 10.2. The SMILES string of the molecule is CCNC(=NCCCCCC(=O)OC)NCCOc1ccccc1. The fourth-order valence-corrected chi connectivity index (χ4v) is 2.05. The molecule has 24 heavy (non-hydrogen) atoms. The zero-order valence-corrected chi connectivity index (χ0v) is 14.7. The van der Waals surface area contributed by atoms with Crippen LogP contribution in [0.5, 0.6) is 5.75 Å². The van der Waals surface area contributed by atoms with E-state index in [9.17, 15) is 4.79 Å². The summed E-state index contributed by atoms with van der Waals surface area (Å²) < 4.78 is 10.3.